The monoisotopic (exact) mass is 324 g/mol. The van der Waals surface area contributed by atoms with E-state index in [1.54, 1.807) is 13.2 Å². The molecule has 122 valence electrons. The maximum Gasteiger partial charge on any atom is 0.315 e. The van der Waals surface area contributed by atoms with Crippen molar-refractivity contribution >= 4 is 6.01 Å². The molecule has 0 amide bonds. The van der Waals surface area contributed by atoms with Crippen LogP contribution >= 0.6 is 0 Å². The van der Waals surface area contributed by atoms with Gasteiger partial charge in [0.1, 0.15) is 5.75 Å². The van der Waals surface area contributed by atoms with Crippen LogP contribution in [-0.2, 0) is 13.0 Å². The van der Waals surface area contributed by atoms with Gasteiger partial charge in [-0.2, -0.15) is 0 Å². The second-order valence-corrected chi connectivity index (χ2v) is 5.39. The Labute approximate surface area is 138 Å². The number of fused-ring (bicyclic) bond motifs is 1. The Morgan fingerprint density at radius 3 is 2.96 bits per heavy atom. The van der Waals surface area contributed by atoms with Crippen molar-refractivity contribution in [2.45, 2.75) is 19.1 Å². The Bertz CT molecular complexity index is 824. The Morgan fingerprint density at radius 1 is 1.17 bits per heavy atom. The second kappa shape index (κ2) is 6.19. The topological polar surface area (TPSA) is 82.3 Å². The fourth-order valence-corrected chi connectivity index (χ4v) is 2.59. The number of nitrogens with one attached hydrogen (secondary N) is 1. The average Bonchev–Trinajstić information content (AvgIpc) is 3.26. The molecule has 0 spiro atoms. The van der Waals surface area contributed by atoms with Crippen LogP contribution in [0.1, 0.15) is 23.3 Å². The van der Waals surface area contributed by atoms with Gasteiger partial charge in [0.25, 0.3) is 5.89 Å². The molecule has 2 aromatic heterocycles. The van der Waals surface area contributed by atoms with Crippen molar-refractivity contribution < 1.29 is 13.9 Å². The lowest BCUT2D eigenvalue weighted by molar-refractivity contribution is 0.199. The molecule has 0 fully saturated rings. The maximum atomic E-state index is 5.85. The van der Waals surface area contributed by atoms with Gasteiger partial charge < -0.3 is 19.2 Å². The number of pyridine rings is 1. The molecular formula is C17H16N4O3. The first kappa shape index (κ1) is 14.5. The summed E-state index contributed by atoms with van der Waals surface area (Å²) in [6.45, 7) is 0.463. The molecule has 1 aliphatic rings. The van der Waals surface area contributed by atoms with Crippen molar-refractivity contribution in [2.24, 2.45) is 0 Å². The van der Waals surface area contributed by atoms with Crippen LogP contribution in [0.5, 0.6) is 11.6 Å². The van der Waals surface area contributed by atoms with Gasteiger partial charge >= 0.3 is 6.01 Å². The van der Waals surface area contributed by atoms with E-state index in [-0.39, 0.29) is 6.10 Å². The van der Waals surface area contributed by atoms with Gasteiger partial charge in [-0.3, -0.25) is 0 Å². The molecule has 0 aliphatic carbocycles. The van der Waals surface area contributed by atoms with Gasteiger partial charge in [0, 0.05) is 12.5 Å². The van der Waals surface area contributed by atoms with Gasteiger partial charge in [-0.05, 0) is 17.7 Å². The van der Waals surface area contributed by atoms with E-state index < -0.39 is 0 Å². The molecule has 1 aromatic carbocycles. The number of aromatic nitrogens is 3. The molecule has 0 saturated carbocycles. The summed E-state index contributed by atoms with van der Waals surface area (Å²) >= 11 is 0. The van der Waals surface area contributed by atoms with Crippen molar-refractivity contribution in [1.82, 2.24) is 15.2 Å². The van der Waals surface area contributed by atoms with Crippen LogP contribution in [0.25, 0.3) is 0 Å². The molecule has 7 heteroatoms. The first-order valence-corrected chi connectivity index (χ1v) is 7.63. The van der Waals surface area contributed by atoms with E-state index in [1.165, 1.54) is 0 Å². The lowest BCUT2D eigenvalue weighted by Gasteiger charge is -2.05. The molecule has 0 unspecified atom stereocenters. The first-order valence-electron chi connectivity index (χ1n) is 7.63. The van der Waals surface area contributed by atoms with Crippen LogP contribution in [0.4, 0.5) is 6.01 Å². The van der Waals surface area contributed by atoms with Gasteiger partial charge in [0.05, 0.1) is 19.3 Å². The lowest BCUT2D eigenvalue weighted by atomic mass is 10.1. The highest BCUT2D eigenvalue weighted by molar-refractivity contribution is 5.38. The fraction of sp³-hybridized carbons (Fsp3) is 0.235. The van der Waals surface area contributed by atoms with E-state index in [2.05, 4.69) is 20.5 Å². The number of rotatable bonds is 5. The predicted molar refractivity (Wildman–Crippen MR) is 85.9 cm³/mol. The molecular weight excluding hydrogens is 308 g/mol. The number of para-hydroxylation sites is 1. The summed E-state index contributed by atoms with van der Waals surface area (Å²) in [5.41, 5.74) is 1.97. The van der Waals surface area contributed by atoms with Gasteiger partial charge in [-0.25, -0.2) is 4.98 Å². The summed E-state index contributed by atoms with van der Waals surface area (Å²) in [7, 11) is 1.59. The summed E-state index contributed by atoms with van der Waals surface area (Å²) in [6, 6.07) is 13.8. The van der Waals surface area contributed by atoms with Crippen LogP contribution in [0.3, 0.4) is 0 Å². The van der Waals surface area contributed by atoms with Crippen LogP contribution in [-0.4, -0.2) is 22.3 Å². The number of nitrogens with zero attached hydrogens (tertiary/aromatic N) is 3. The normalized spacial score (nSPS) is 15.6. The fourth-order valence-electron chi connectivity index (χ4n) is 2.59. The van der Waals surface area contributed by atoms with Crippen molar-refractivity contribution in [3.8, 4) is 11.6 Å². The maximum absolute atomic E-state index is 5.85. The molecule has 3 aromatic rings. The predicted octanol–water partition coefficient (Wildman–Crippen LogP) is 2.76. The van der Waals surface area contributed by atoms with Gasteiger partial charge in [0.15, 0.2) is 6.10 Å². The number of hydrogen-bond acceptors (Lipinski definition) is 7. The largest absolute Gasteiger partial charge is 0.481 e. The minimum Gasteiger partial charge on any atom is -0.481 e. The molecule has 3 heterocycles. The SMILES string of the molecule is COc1cccc(CNc2nnc([C@H]3Cc4ccccc4O3)o2)n1. The van der Waals surface area contributed by atoms with Gasteiger partial charge in [-0.15, -0.1) is 5.10 Å². The van der Waals surface area contributed by atoms with Crippen LogP contribution in [0, 0.1) is 0 Å². The van der Waals surface area contributed by atoms with Gasteiger partial charge in [0.2, 0.25) is 5.88 Å². The standard InChI is InChI=1S/C17H16N4O3/c1-22-15-8-4-6-12(19-15)10-18-17-21-20-16(24-17)14-9-11-5-2-3-7-13(11)23-14/h2-8,14H,9-10H2,1H3,(H,18,21)/t14-/m1/s1. The van der Waals surface area contributed by atoms with Crippen molar-refractivity contribution in [2.75, 3.05) is 12.4 Å². The molecule has 1 N–H and O–H groups in total. The first-order chi connectivity index (χ1) is 11.8. The number of methoxy groups -OCH3 is 1. The Balaban J connectivity index is 1.40. The minimum absolute atomic E-state index is 0.236. The Kier molecular flexibility index (Phi) is 3.74. The van der Waals surface area contributed by atoms with Crippen molar-refractivity contribution in [1.29, 1.82) is 0 Å². The molecule has 1 atom stereocenters. The Morgan fingerprint density at radius 2 is 2.08 bits per heavy atom. The summed E-state index contributed by atoms with van der Waals surface area (Å²) in [6.07, 6.45) is 0.496. The summed E-state index contributed by atoms with van der Waals surface area (Å²) < 4.78 is 16.6. The summed E-state index contributed by atoms with van der Waals surface area (Å²) in [5.74, 6) is 1.90. The van der Waals surface area contributed by atoms with E-state index in [0.29, 0.717) is 24.3 Å². The number of anilines is 1. The average molecular weight is 324 g/mol. The van der Waals surface area contributed by atoms with Crippen molar-refractivity contribution in [3.63, 3.8) is 0 Å². The molecule has 4 rings (SSSR count). The highest BCUT2D eigenvalue weighted by Gasteiger charge is 2.28. The number of ether oxygens (including phenoxy) is 2. The van der Waals surface area contributed by atoms with E-state index in [4.69, 9.17) is 13.9 Å². The third-order valence-corrected chi connectivity index (χ3v) is 3.77. The van der Waals surface area contributed by atoms with Crippen molar-refractivity contribution in [3.05, 3.63) is 59.6 Å². The molecule has 7 nitrogen and oxygen atoms in total. The van der Waals surface area contributed by atoms with Gasteiger partial charge in [-0.1, -0.05) is 29.4 Å². The van der Waals surface area contributed by atoms with E-state index in [9.17, 15) is 0 Å². The summed E-state index contributed by atoms with van der Waals surface area (Å²) in [5, 5.41) is 11.2. The molecule has 0 bridgehead atoms. The van der Waals surface area contributed by atoms with E-state index in [1.807, 2.05) is 36.4 Å². The van der Waals surface area contributed by atoms with Crippen LogP contribution in [0.15, 0.2) is 46.9 Å². The number of benzene rings is 1. The summed E-state index contributed by atoms with van der Waals surface area (Å²) in [4.78, 5) is 4.32. The van der Waals surface area contributed by atoms with E-state index >= 15 is 0 Å². The quantitative estimate of drug-likeness (QED) is 0.772. The lowest BCUT2D eigenvalue weighted by Crippen LogP contribution is -2.03. The van der Waals surface area contributed by atoms with E-state index in [0.717, 1.165) is 23.4 Å². The molecule has 1 aliphatic heterocycles. The minimum atomic E-state index is -0.236. The molecule has 24 heavy (non-hydrogen) atoms. The number of hydrogen-bond donors (Lipinski definition) is 1. The highest BCUT2D eigenvalue weighted by atomic mass is 16.5. The third kappa shape index (κ3) is 2.88. The third-order valence-electron chi connectivity index (χ3n) is 3.77. The van der Waals surface area contributed by atoms with Crippen LogP contribution in [0.2, 0.25) is 0 Å². The second-order valence-electron chi connectivity index (χ2n) is 5.39. The zero-order valence-corrected chi connectivity index (χ0v) is 13.1. The van der Waals surface area contributed by atoms with Crippen LogP contribution < -0.4 is 14.8 Å². The molecule has 0 saturated heterocycles. The smallest absolute Gasteiger partial charge is 0.315 e. The Hall–Kier alpha value is -3.09. The highest BCUT2D eigenvalue weighted by Crippen LogP contribution is 2.36. The molecule has 0 radical (unpaired) electrons. The zero-order chi connectivity index (χ0) is 16.4. The zero-order valence-electron chi connectivity index (χ0n) is 13.1.